The SMILES string of the molecule is CC[C@@H](C)[Si](C)(C)OC(C)[SiH](C)C. The molecule has 0 radical (unpaired) electrons. The van der Waals surface area contributed by atoms with E-state index in [1.807, 2.05) is 0 Å². The topological polar surface area (TPSA) is 9.23 Å². The van der Waals surface area contributed by atoms with E-state index in [0.29, 0.717) is 5.73 Å². The summed E-state index contributed by atoms with van der Waals surface area (Å²) in [7, 11) is -2.00. The Kier molecular flexibility index (Phi) is 5.48. The van der Waals surface area contributed by atoms with Gasteiger partial charge < -0.3 is 4.43 Å². The highest BCUT2D eigenvalue weighted by atomic mass is 28.4. The molecule has 0 N–H and O–H groups in total. The fraction of sp³-hybridized carbons (Fsp3) is 1.00. The molecule has 0 aromatic carbocycles. The Morgan fingerprint density at radius 1 is 1.23 bits per heavy atom. The van der Waals surface area contributed by atoms with Gasteiger partial charge in [0.2, 0.25) is 0 Å². The molecule has 0 spiro atoms. The van der Waals surface area contributed by atoms with Gasteiger partial charge in [-0.1, -0.05) is 33.4 Å². The van der Waals surface area contributed by atoms with Crippen molar-refractivity contribution in [2.24, 2.45) is 0 Å². The van der Waals surface area contributed by atoms with Gasteiger partial charge in [0.1, 0.15) is 0 Å². The van der Waals surface area contributed by atoms with Gasteiger partial charge in [0.15, 0.2) is 8.32 Å². The fourth-order valence-corrected chi connectivity index (χ4v) is 5.54. The van der Waals surface area contributed by atoms with Crippen molar-refractivity contribution >= 4 is 17.1 Å². The summed E-state index contributed by atoms with van der Waals surface area (Å²) in [5, 5.41) is 0. The first kappa shape index (κ1) is 13.4. The third kappa shape index (κ3) is 4.43. The fourth-order valence-electron chi connectivity index (χ4n) is 1.22. The van der Waals surface area contributed by atoms with Crippen LogP contribution < -0.4 is 0 Å². The third-order valence-corrected chi connectivity index (χ3v) is 9.27. The van der Waals surface area contributed by atoms with Crippen molar-refractivity contribution in [3.8, 4) is 0 Å². The predicted octanol–water partition coefficient (Wildman–Crippen LogP) is 3.42. The molecule has 0 bridgehead atoms. The van der Waals surface area contributed by atoms with Crippen molar-refractivity contribution in [1.29, 1.82) is 0 Å². The first-order valence-electron chi connectivity index (χ1n) is 5.49. The van der Waals surface area contributed by atoms with Crippen LogP contribution in [0.5, 0.6) is 0 Å². The highest BCUT2D eigenvalue weighted by Gasteiger charge is 2.31. The van der Waals surface area contributed by atoms with Crippen LogP contribution in [0, 0.1) is 0 Å². The van der Waals surface area contributed by atoms with E-state index in [2.05, 4.69) is 47.0 Å². The lowest BCUT2D eigenvalue weighted by Gasteiger charge is -2.33. The number of rotatable bonds is 5. The van der Waals surface area contributed by atoms with Gasteiger partial charge >= 0.3 is 0 Å². The highest BCUT2D eigenvalue weighted by Crippen LogP contribution is 2.27. The van der Waals surface area contributed by atoms with Gasteiger partial charge in [-0.15, -0.1) is 0 Å². The molecule has 0 fully saturated rings. The smallest absolute Gasteiger partial charge is 0.189 e. The zero-order chi connectivity index (χ0) is 10.6. The Balaban J connectivity index is 4.15. The average molecular weight is 218 g/mol. The molecule has 2 atom stereocenters. The zero-order valence-corrected chi connectivity index (χ0v) is 12.5. The predicted molar refractivity (Wildman–Crippen MR) is 66.6 cm³/mol. The summed E-state index contributed by atoms with van der Waals surface area (Å²) in [6.45, 7) is 16.3. The second-order valence-electron chi connectivity index (χ2n) is 4.98. The number of hydrogen-bond acceptors (Lipinski definition) is 1. The number of hydrogen-bond donors (Lipinski definition) is 0. The molecule has 0 aromatic rings. The molecule has 0 saturated carbocycles. The van der Waals surface area contributed by atoms with Crippen LogP contribution in [0.4, 0.5) is 0 Å². The van der Waals surface area contributed by atoms with Gasteiger partial charge in [0, 0.05) is 5.73 Å². The van der Waals surface area contributed by atoms with E-state index >= 15 is 0 Å². The maximum atomic E-state index is 6.25. The summed E-state index contributed by atoms with van der Waals surface area (Å²) >= 11 is 0. The molecular formula is C10H26OSi2. The molecule has 0 saturated heterocycles. The summed E-state index contributed by atoms with van der Waals surface area (Å²) in [6.07, 6.45) is 1.26. The van der Waals surface area contributed by atoms with E-state index < -0.39 is 17.1 Å². The molecule has 0 aliphatic rings. The van der Waals surface area contributed by atoms with Gasteiger partial charge in [0.25, 0.3) is 0 Å². The monoisotopic (exact) mass is 218 g/mol. The Labute approximate surface area is 86.6 Å². The van der Waals surface area contributed by atoms with Crippen molar-refractivity contribution in [2.45, 2.75) is 64.6 Å². The molecule has 1 nitrogen and oxygen atoms in total. The standard InChI is InChI=1S/C10H26OSi2/c1-8-9(2)13(6,7)11-10(3)12(4)5/h9-10,12H,8H2,1-7H3/t9-,10?/m1/s1. The lowest BCUT2D eigenvalue weighted by atomic mass is 10.4. The second kappa shape index (κ2) is 5.32. The Bertz CT molecular complexity index is 146. The molecule has 0 aliphatic carbocycles. The first-order valence-corrected chi connectivity index (χ1v) is 11.4. The van der Waals surface area contributed by atoms with Crippen LogP contribution in [0.1, 0.15) is 27.2 Å². The summed E-state index contributed by atoms with van der Waals surface area (Å²) in [5.74, 6) is 0. The van der Waals surface area contributed by atoms with Crippen molar-refractivity contribution in [2.75, 3.05) is 0 Å². The largest absolute Gasteiger partial charge is 0.418 e. The van der Waals surface area contributed by atoms with Crippen LogP contribution in [0.15, 0.2) is 0 Å². The maximum absolute atomic E-state index is 6.25. The van der Waals surface area contributed by atoms with Crippen LogP contribution in [0.25, 0.3) is 0 Å². The van der Waals surface area contributed by atoms with Gasteiger partial charge in [-0.25, -0.2) is 0 Å². The van der Waals surface area contributed by atoms with E-state index in [9.17, 15) is 0 Å². The molecule has 0 heterocycles. The van der Waals surface area contributed by atoms with Crippen molar-refractivity contribution in [3.05, 3.63) is 0 Å². The molecule has 0 rings (SSSR count). The lowest BCUT2D eigenvalue weighted by molar-refractivity contribution is 0.275. The molecule has 80 valence electrons. The van der Waals surface area contributed by atoms with Crippen molar-refractivity contribution in [3.63, 3.8) is 0 Å². The zero-order valence-electron chi connectivity index (χ0n) is 10.3. The van der Waals surface area contributed by atoms with Crippen LogP contribution in [0.2, 0.25) is 31.7 Å². The minimum atomic E-state index is -1.40. The van der Waals surface area contributed by atoms with Crippen LogP contribution in [0.3, 0.4) is 0 Å². The maximum Gasteiger partial charge on any atom is 0.189 e. The molecule has 0 aliphatic heterocycles. The minimum absolute atomic E-state index is 0.552. The van der Waals surface area contributed by atoms with Crippen LogP contribution >= 0.6 is 0 Å². The molecule has 0 amide bonds. The van der Waals surface area contributed by atoms with E-state index in [1.54, 1.807) is 0 Å². The van der Waals surface area contributed by atoms with Gasteiger partial charge in [-0.05, 0) is 25.6 Å². The minimum Gasteiger partial charge on any atom is -0.418 e. The van der Waals surface area contributed by atoms with E-state index in [-0.39, 0.29) is 0 Å². The first-order chi connectivity index (χ1) is 5.81. The molecule has 0 aromatic heterocycles. The molecule has 1 unspecified atom stereocenters. The average Bonchev–Trinajstić information content (AvgIpc) is 2.01. The summed E-state index contributed by atoms with van der Waals surface area (Å²) in [5.41, 5.74) is 1.33. The molecule has 13 heavy (non-hydrogen) atoms. The Morgan fingerprint density at radius 3 is 2.00 bits per heavy atom. The summed E-state index contributed by atoms with van der Waals surface area (Å²) < 4.78 is 6.25. The van der Waals surface area contributed by atoms with E-state index in [4.69, 9.17) is 4.43 Å². The summed E-state index contributed by atoms with van der Waals surface area (Å²) in [6, 6.07) is 0. The van der Waals surface area contributed by atoms with Crippen LogP contribution in [-0.4, -0.2) is 22.8 Å². The third-order valence-electron chi connectivity index (χ3n) is 3.23. The van der Waals surface area contributed by atoms with Crippen LogP contribution in [-0.2, 0) is 4.43 Å². The van der Waals surface area contributed by atoms with Gasteiger partial charge in [0.05, 0.1) is 8.80 Å². The van der Waals surface area contributed by atoms with E-state index in [1.165, 1.54) is 6.42 Å². The quantitative estimate of drug-likeness (QED) is 0.643. The normalized spacial score (nSPS) is 17.5. The summed E-state index contributed by atoms with van der Waals surface area (Å²) in [4.78, 5) is 0. The Morgan fingerprint density at radius 2 is 1.69 bits per heavy atom. The second-order valence-corrected chi connectivity index (χ2v) is 12.8. The van der Waals surface area contributed by atoms with Gasteiger partial charge in [-0.3, -0.25) is 0 Å². The lowest BCUT2D eigenvalue weighted by Crippen LogP contribution is -2.42. The Hall–Kier alpha value is 0.394. The van der Waals surface area contributed by atoms with E-state index in [0.717, 1.165) is 5.54 Å². The van der Waals surface area contributed by atoms with Gasteiger partial charge in [-0.2, -0.15) is 0 Å². The van der Waals surface area contributed by atoms with Crippen molar-refractivity contribution < 1.29 is 4.43 Å². The molecule has 3 heteroatoms. The highest BCUT2D eigenvalue weighted by molar-refractivity contribution is 6.73. The molecular weight excluding hydrogens is 192 g/mol. The van der Waals surface area contributed by atoms with Crippen molar-refractivity contribution in [1.82, 2.24) is 0 Å².